The van der Waals surface area contributed by atoms with Crippen LogP contribution in [-0.4, -0.2) is 0 Å². The van der Waals surface area contributed by atoms with Gasteiger partial charge in [-0.1, -0.05) is 18.2 Å². The first kappa shape index (κ1) is 12.3. The Balaban J connectivity index is 0.00000128. The second-order valence-corrected chi connectivity index (χ2v) is 2.97. The van der Waals surface area contributed by atoms with E-state index in [2.05, 4.69) is 4.42 Å². The Bertz CT molecular complexity index is 560. The van der Waals surface area contributed by atoms with Crippen LogP contribution >= 0.6 is 0 Å². The molecule has 1 aromatic heterocycles. The zero-order valence-electron chi connectivity index (χ0n) is 8.04. The fourth-order valence-electron chi connectivity index (χ4n) is 1.35. The van der Waals surface area contributed by atoms with Crippen molar-refractivity contribution in [1.82, 2.24) is 6.15 Å². The molecule has 86 valence electrons. The molecule has 1 heterocycles. The largest absolute Gasteiger partial charge is 0.423 e. The molecule has 0 atom stereocenters. The van der Waals surface area contributed by atoms with E-state index in [9.17, 15) is 18.0 Å². The number of hydrogen-bond donors (Lipinski definition) is 1. The summed E-state index contributed by atoms with van der Waals surface area (Å²) in [6.45, 7) is 0. The van der Waals surface area contributed by atoms with Gasteiger partial charge in [0.25, 0.3) is 0 Å². The fourth-order valence-corrected chi connectivity index (χ4v) is 1.35. The van der Waals surface area contributed by atoms with Crippen LogP contribution in [0, 0.1) is 0 Å². The lowest BCUT2D eigenvalue weighted by Crippen LogP contribution is -2.10. The number of para-hydroxylation sites is 1. The van der Waals surface area contributed by atoms with Crippen molar-refractivity contribution in [3.05, 3.63) is 46.3 Å². The van der Waals surface area contributed by atoms with Crippen LogP contribution in [0.1, 0.15) is 5.56 Å². The fraction of sp³-hybridized carbons (Fsp3) is 0.100. The highest BCUT2D eigenvalue weighted by molar-refractivity contribution is 5.80. The summed E-state index contributed by atoms with van der Waals surface area (Å²) in [5.41, 5.74) is -2.02. The molecule has 0 radical (unpaired) electrons. The Kier molecular flexibility index (Phi) is 3.04. The molecule has 0 saturated carbocycles. The van der Waals surface area contributed by atoms with Gasteiger partial charge >= 0.3 is 11.8 Å². The summed E-state index contributed by atoms with van der Waals surface area (Å²) < 4.78 is 42.2. The van der Waals surface area contributed by atoms with Crippen LogP contribution in [0.25, 0.3) is 11.0 Å². The molecule has 6 heteroatoms. The summed E-state index contributed by atoms with van der Waals surface area (Å²) in [5.74, 6) is 0. The summed E-state index contributed by atoms with van der Waals surface area (Å²) in [7, 11) is 0. The molecule has 0 saturated heterocycles. The van der Waals surface area contributed by atoms with Crippen molar-refractivity contribution in [1.29, 1.82) is 0 Å². The Hall–Kier alpha value is -1.82. The third kappa shape index (κ3) is 2.06. The van der Waals surface area contributed by atoms with Crippen LogP contribution in [-0.2, 0) is 6.18 Å². The molecule has 1 aromatic carbocycles. The first-order valence-electron chi connectivity index (χ1n) is 4.08. The van der Waals surface area contributed by atoms with E-state index in [1.807, 2.05) is 0 Å². The molecule has 0 aliphatic rings. The van der Waals surface area contributed by atoms with Gasteiger partial charge in [0.2, 0.25) is 0 Å². The first-order valence-corrected chi connectivity index (χ1v) is 4.08. The monoisotopic (exact) mass is 231 g/mol. The molecule has 3 N–H and O–H groups in total. The van der Waals surface area contributed by atoms with E-state index in [1.165, 1.54) is 24.3 Å². The third-order valence-electron chi connectivity index (χ3n) is 1.96. The molecular weight excluding hydrogens is 223 g/mol. The van der Waals surface area contributed by atoms with Crippen molar-refractivity contribution in [2.75, 3.05) is 0 Å². The van der Waals surface area contributed by atoms with Gasteiger partial charge in [-0.15, -0.1) is 0 Å². The van der Waals surface area contributed by atoms with E-state index < -0.39 is 17.4 Å². The summed E-state index contributed by atoms with van der Waals surface area (Å²) in [4.78, 5) is 10.9. The minimum atomic E-state index is -4.55. The molecular formula is C10H8F3NO2. The van der Waals surface area contributed by atoms with E-state index >= 15 is 0 Å². The van der Waals surface area contributed by atoms with Crippen molar-refractivity contribution in [3.8, 4) is 0 Å². The Morgan fingerprint density at radius 1 is 1.12 bits per heavy atom. The maximum absolute atomic E-state index is 12.5. The van der Waals surface area contributed by atoms with E-state index in [-0.39, 0.29) is 17.1 Å². The number of fused-ring (bicyclic) bond motifs is 1. The van der Waals surface area contributed by atoms with Crippen LogP contribution in [0.3, 0.4) is 0 Å². The third-order valence-corrected chi connectivity index (χ3v) is 1.96. The number of rotatable bonds is 0. The summed E-state index contributed by atoms with van der Waals surface area (Å²) in [6, 6.07) is 6.01. The van der Waals surface area contributed by atoms with Crippen molar-refractivity contribution in [2.45, 2.75) is 6.18 Å². The highest BCUT2D eigenvalue weighted by Gasteiger charge is 2.33. The minimum Gasteiger partial charge on any atom is -0.423 e. The lowest BCUT2D eigenvalue weighted by atomic mass is 10.1. The number of hydrogen-bond acceptors (Lipinski definition) is 3. The van der Waals surface area contributed by atoms with Gasteiger partial charge in [0.15, 0.2) is 0 Å². The summed E-state index contributed by atoms with van der Waals surface area (Å²) in [6.07, 6.45) is -4.55. The highest BCUT2D eigenvalue weighted by atomic mass is 19.4. The van der Waals surface area contributed by atoms with E-state index in [0.29, 0.717) is 6.07 Å². The summed E-state index contributed by atoms with van der Waals surface area (Å²) >= 11 is 0. The quantitative estimate of drug-likeness (QED) is 0.709. The molecule has 16 heavy (non-hydrogen) atoms. The molecule has 0 unspecified atom stereocenters. The normalized spacial score (nSPS) is 11.2. The average molecular weight is 231 g/mol. The van der Waals surface area contributed by atoms with Gasteiger partial charge in [-0.2, -0.15) is 13.2 Å². The van der Waals surface area contributed by atoms with Gasteiger partial charge in [-0.05, 0) is 6.07 Å². The van der Waals surface area contributed by atoms with E-state index in [4.69, 9.17) is 0 Å². The molecule has 0 fully saturated rings. The molecule has 2 aromatic rings. The Morgan fingerprint density at radius 2 is 1.75 bits per heavy atom. The number of alkyl halides is 3. The van der Waals surface area contributed by atoms with Gasteiger partial charge < -0.3 is 10.6 Å². The average Bonchev–Trinajstić information content (AvgIpc) is 2.15. The van der Waals surface area contributed by atoms with Crippen LogP contribution < -0.4 is 11.8 Å². The summed E-state index contributed by atoms with van der Waals surface area (Å²) in [5, 5.41) is -0.107. The number of halogens is 3. The van der Waals surface area contributed by atoms with E-state index in [1.54, 1.807) is 0 Å². The van der Waals surface area contributed by atoms with Crippen molar-refractivity contribution < 1.29 is 17.6 Å². The van der Waals surface area contributed by atoms with Gasteiger partial charge in [0.05, 0.1) is 5.56 Å². The smallest absolute Gasteiger partial charge is 0.417 e. The lowest BCUT2D eigenvalue weighted by molar-refractivity contribution is -0.136. The Labute approximate surface area is 88.1 Å². The standard InChI is InChI=1S/C10H5F3O2.H3N/c11-10(12,13)7-5-9(14)15-8-4-2-1-3-6(7)8;/h1-5H;1H3. The highest BCUT2D eigenvalue weighted by Crippen LogP contribution is 2.33. The minimum absolute atomic E-state index is 0. The maximum Gasteiger partial charge on any atom is 0.417 e. The molecule has 0 aliphatic carbocycles. The topological polar surface area (TPSA) is 65.2 Å². The molecule has 0 spiro atoms. The van der Waals surface area contributed by atoms with Crippen LogP contribution in [0.2, 0.25) is 0 Å². The Morgan fingerprint density at radius 3 is 2.38 bits per heavy atom. The van der Waals surface area contributed by atoms with Crippen LogP contribution in [0.4, 0.5) is 13.2 Å². The van der Waals surface area contributed by atoms with Gasteiger partial charge in [0.1, 0.15) is 5.58 Å². The van der Waals surface area contributed by atoms with Crippen molar-refractivity contribution in [2.24, 2.45) is 0 Å². The first-order chi connectivity index (χ1) is 6.98. The predicted octanol–water partition coefficient (Wildman–Crippen LogP) is 2.97. The van der Waals surface area contributed by atoms with Crippen molar-refractivity contribution >= 4 is 11.0 Å². The number of benzene rings is 1. The zero-order valence-corrected chi connectivity index (χ0v) is 8.04. The van der Waals surface area contributed by atoms with Crippen LogP contribution in [0.15, 0.2) is 39.5 Å². The maximum atomic E-state index is 12.5. The van der Waals surface area contributed by atoms with Gasteiger partial charge in [0, 0.05) is 11.5 Å². The molecule has 0 bridgehead atoms. The molecule has 0 amide bonds. The van der Waals surface area contributed by atoms with Crippen molar-refractivity contribution in [3.63, 3.8) is 0 Å². The molecule has 0 aliphatic heterocycles. The molecule has 3 nitrogen and oxygen atoms in total. The van der Waals surface area contributed by atoms with Gasteiger partial charge in [-0.3, -0.25) is 0 Å². The predicted molar refractivity (Wildman–Crippen MR) is 52.5 cm³/mol. The lowest BCUT2D eigenvalue weighted by Gasteiger charge is -2.08. The molecule has 2 rings (SSSR count). The zero-order chi connectivity index (χ0) is 11.1. The second kappa shape index (κ2) is 3.97. The van der Waals surface area contributed by atoms with Crippen LogP contribution in [0.5, 0.6) is 0 Å². The van der Waals surface area contributed by atoms with Gasteiger partial charge in [-0.25, -0.2) is 4.79 Å². The van der Waals surface area contributed by atoms with E-state index in [0.717, 1.165) is 0 Å². The SMILES string of the molecule is N.O=c1cc(C(F)(F)F)c2ccccc2o1. The second-order valence-electron chi connectivity index (χ2n) is 2.97.